The van der Waals surface area contributed by atoms with Gasteiger partial charge in [0.1, 0.15) is 0 Å². The van der Waals surface area contributed by atoms with Gasteiger partial charge in [0.2, 0.25) is 5.95 Å². The lowest BCUT2D eigenvalue weighted by Crippen LogP contribution is -2.20. The van der Waals surface area contributed by atoms with Crippen molar-refractivity contribution in [2.75, 3.05) is 0 Å². The summed E-state index contributed by atoms with van der Waals surface area (Å²) in [7, 11) is 0. The van der Waals surface area contributed by atoms with Gasteiger partial charge in [0, 0.05) is 11.8 Å². The molecule has 0 aliphatic carbocycles. The van der Waals surface area contributed by atoms with Gasteiger partial charge in [-0.1, -0.05) is 24.8 Å². The van der Waals surface area contributed by atoms with Crippen molar-refractivity contribution < 1.29 is 4.39 Å². The summed E-state index contributed by atoms with van der Waals surface area (Å²) in [6, 6.07) is 10.3. The molecule has 2 aromatic heterocycles. The minimum Gasteiger partial charge on any atom is -0.283 e. The first-order valence-corrected chi connectivity index (χ1v) is 6.93. The highest BCUT2D eigenvalue weighted by Gasteiger charge is 2.13. The highest BCUT2D eigenvalue weighted by molar-refractivity contribution is 5.89. The van der Waals surface area contributed by atoms with Crippen LogP contribution in [0.1, 0.15) is 18.1 Å². The number of aromatic nitrogens is 2. The van der Waals surface area contributed by atoms with E-state index in [0.717, 1.165) is 16.8 Å². The molecule has 0 N–H and O–H groups in total. The number of fused-ring (bicyclic) bond motifs is 1. The zero-order valence-electron chi connectivity index (χ0n) is 12.4. The number of allylic oxidation sites excluding steroid dienone is 1. The van der Waals surface area contributed by atoms with Crippen molar-refractivity contribution in [3.05, 3.63) is 76.6 Å². The monoisotopic (exact) mass is 294 g/mol. The normalized spacial score (nSPS) is 10.9. The largest absolute Gasteiger partial charge is 0.283 e. The predicted molar refractivity (Wildman–Crippen MR) is 86.7 cm³/mol. The average Bonchev–Trinajstić information content (AvgIpc) is 2.48. The van der Waals surface area contributed by atoms with E-state index in [9.17, 15) is 9.18 Å². The lowest BCUT2D eigenvalue weighted by atomic mass is 10.1. The molecule has 0 aliphatic heterocycles. The van der Waals surface area contributed by atoms with Crippen LogP contribution in [0.4, 0.5) is 4.39 Å². The third kappa shape index (κ3) is 2.22. The molecule has 0 radical (unpaired) electrons. The van der Waals surface area contributed by atoms with Gasteiger partial charge in [-0.2, -0.15) is 4.39 Å². The van der Waals surface area contributed by atoms with E-state index in [1.807, 2.05) is 38.1 Å². The molecule has 0 unspecified atom stereocenters. The highest BCUT2D eigenvalue weighted by Crippen LogP contribution is 2.22. The third-order valence-electron chi connectivity index (χ3n) is 3.66. The van der Waals surface area contributed by atoms with Crippen LogP contribution in [-0.2, 0) is 0 Å². The van der Waals surface area contributed by atoms with Crippen LogP contribution in [0.15, 0.2) is 54.0 Å². The molecule has 0 bridgehead atoms. The van der Waals surface area contributed by atoms with Crippen LogP contribution >= 0.6 is 0 Å². The minimum atomic E-state index is -0.608. The van der Waals surface area contributed by atoms with Crippen molar-refractivity contribution in [1.29, 1.82) is 0 Å². The van der Waals surface area contributed by atoms with E-state index in [4.69, 9.17) is 0 Å². The SMILES string of the molecule is C=C(C)c1cn(-c2ccccc2C)c(=O)c2ccc(F)nc12. The number of pyridine rings is 2. The van der Waals surface area contributed by atoms with Crippen LogP contribution in [0.5, 0.6) is 0 Å². The summed E-state index contributed by atoms with van der Waals surface area (Å²) in [6.07, 6.45) is 1.68. The number of hydrogen-bond acceptors (Lipinski definition) is 2. The number of aryl methyl sites for hydroxylation is 1. The van der Waals surface area contributed by atoms with E-state index >= 15 is 0 Å². The molecule has 1 aromatic carbocycles. The van der Waals surface area contributed by atoms with Gasteiger partial charge in [-0.25, -0.2) is 4.98 Å². The molecule has 2 heterocycles. The molecule has 0 fully saturated rings. The minimum absolute atomic E-state index is 0.221. The number of rotatable bonds is 2. The molecule has 22 heavy (non-hydrogen) atoms. The molecule has 0 spiro atoms. The van der Waals surface area contributed by atoms with E-state index in [2.05, 4.69) is 11.6 Å². The highest BCUT2D eigenvalue weighted by atomic mass is 19.1. The number of nitrogens with zero attached hydrogens (tertiary/aromatic N) is 2. The number of para-hydroxylation sites is 1. The maximum atomic E-state index is 13.4. The first-order chi connectivity index (χ1) is 10.5. The Morgan fingerprint density at radius 2 is 1.95 bits per heavy atom. The molecule has 0 aliphatic rings. The van der Waals surface area contributed by atoms with Gasteiger partial charge in [0.05, 0.1) is 16.6 Å². The Labute approximate surface area is 127 Å². The summed E-state index contributed by atoms with van der Waals surface area (Å²) in [6.45, 7) is 7.67. The fourth-order valence-corrected chi connectivity index (χ4v) is 2.52. The maximum Gasteiger partial charge on any atom is 0.264 e. The molecule has 3 rings (SSSR count). The third-order valence-corrected chi connectivity index (χ3v) is 3.66. The molecule has 0 amide bonds. The van der Waals surface area contributed by atoms with Crippen LogP contribution in [-0.4, -0.2) is 9.55 Å². The van der Waals surface area contributed by atoms with Gasteiger partial charge < -0.3 is 0 Å². The summed E-state index contributed by atoms with van der Waals surface area (Å²) in [4.78, 5) is 16.6. The van der Waals surface area contributed by atoms with Crippen molar-refractivity contribution in [2.45, 2.75) is 13.8 Å². The Bertz CT molecular complexity index is 957. The molecule has 4 heteroatoms. The number of halogens is 1. The second-order valence-electron chi connectivity index (χ2n) is 5.31. The van der Waals surface area contributed by atoms with Crippen molar-refractivity contribution >= 4 is 16.5 Å². The van der Waals surface area contributed by atoms with Gasteiger partial charge in [-0.3, -0.25) is 9.36 Å². The first kappa shape index (κ1) is 14.2. The zero-order chi connectivity index (χ0) is 15.9. The van der Waals surface area contributed by atoms with Gasteiger partial charge >= 0.3 is 0 Å². The van der Waals surface area contributed by atoms with Gasteiger partial charge in [-0.15, -0.1) is 0 Å². The Hall–Kier alpha value is -2.75. The molecular weight excluding hydrogens is 279 g/mol. The summed E-state index contributed by atoms with van der Waals surface area (Å²) >= 11 is 0. The molecule has 0 saturated carbocycles. The lowest BCUT2D eigenvalue weighted by molar-refractivity contribution is 0.589. The fourth-order valence-electron chi connectivity index (χ4n) is 2.52. The van der Waals surface area contributed by atoms with Crippen LogP contribution in [0, 0.1) is 12.9 Å². The van der Waals surface area contributed by atoms with Gasteiger partial charge in [0.25, 0.3) is 5.56 Å². The number of hydrogen-bond donors (Lipinski definition) is 0. The van der Waals surface area contributed by atoms with E-state index in [1.165, 1.54) is 12.1 Å². The first-order valence-electron chi connectivity index (χ1n) is 6.93. The van der Waals surface area contributed by atoms with Crippen molar-refractivity contribution in [2.24, 2.45) is 0 Å². The quantitative estimate of drug-likeness (QED) is 0.673. The zero-order valence-corrected chi connectivity index (χ0v) is 12.4. The lowest BCUT2D eigenvalue weighted by Gasteiger charge is -2.13. The van der Waals surface area contributed by atoms with Crippen LogP contribution < -0.4 is 5.56 Å². The van der Waals surface area contributed by atoms with Crippen molar-refractivity contribution in [1.82, 2.24) is 9.55 Å². The Morgan fingerprint density at radius 3 is 2.64 bits per heavy atom. The molecule has 0 atom stereocenters. The second kappa shape index (κ2) is 5.22. The fraction of sp³-hybridized carbons (Fsp3) is 0.111. The standard InChI is InChI=1S/C18H15FN2O/c1-11(2)14-10-21(15-7-5-4-6-12(15)3)18(22)13-8-9-16(19)20-17(13)14/h4-10H,1H2,2-3H3. The Balaban J connectivity index is 2.46. The van der Waals surface area contributed by atoms with Crippen LogP contribution in [0.2, 0.25) is 0 Å². The topological polar surface area (TPSA) is 34.9 Å². The molecule has 3 aromatic rings. The van der Waals surface area contributed by atoms with Crippen LogP contribution in [0.3, 0.4) is 0 Å². The van der Waals surface area contributed by atoms with Gasteiger partial charge in [-0.05, 0) is 43.2 Å². The smallest absolute Gasteiger partial charge is 0.264 e. The maximum absolute atomic E-state index is 13.4. The summed E-state index contributed by atoms with van der Waals surface area (Å²) in [5, 5.41) is 0.380. The molecule has 0 saturated heterocycles. The van der Waals surface area contributed by atoms with Gasteiger partial charge in [0.15, 0.2) is 0 Å². The molecular formula is C18H15FN2O. The van der Waals surface area contributed by atoms with E-state index in [-0.39, 0.29) is 5.56 Å². The van der Waals surface area contributed by atoms with E-state index in [1.54, 1.807) is 10.8 Å². The second-order valence-corrected chi connectivity index (χ2v) is 5.31. The summed E-state index contributed by atoms with van der Waals surface area (Å²) in [5.41, 5.74) is 3.29. The summed E-state index contributed by atoms with van der Waals surface area (Å²) < 4.78 is 15.0. The predicted octanol–water partition coefficient (Wildman–Crippen LogP) is 3.87. The van der Waals surface area contributed by atoms with Crippen molar-refractivity contribution in [3.63, 3.8) is 0 Å². The van der Waals surface area contributed by atoms with E-state index < -0.39 is 5.95 Å². The molecule has 110 valence electrons. The summed E-state index contributed by atoms with van der Waals surface area (Å²) in [5.74, 6) is -0.608. The van der Waals surface area contributed by atoms with Crippen molar-refractivity contribution in [3.8, 4) is 5.69 Å². The number of benzene rings is 1. The Morgan fingerprint density at radius 1 is 1.23 bits per heavy atom. The average molecular weight is 294 g/mol. The van der Waals surface area contributed by atoms with E-state index in [0.29, 0.717) is 16.5 Å². The van der Waals surface area contributed by atoms with Crippen LogP contribution in [0.25, 0.3) is 22.2 Å². The molecule has 3 nitrogen and oxygen atoms in total. The Kier molecular flexibility index (Phi) is 3.37.